The fourth-order valence-electron chi connectivity index (χ4n) is 4.94. The van der Waals surface area contributed by atoms with Gasteiger partial charge in [0.25, 0.3) is 11.8 Å². The first-order chi connectivity index (χ1) is 19.4. The van der Waals surface area contributed by atoms with Crippen molar-refractivity contribution in [1.82, 2.24) is 24.8 Å². The van der Waals surface area contributed by atoms with Crippen LogP contribution in [0.3, 0.4) is 0 Å². The zero-order chi connectivity index (χ0) is 29.6. The van der Waals surface area contributed by atoms with Gasteiger partial charge < -0.3 is 16.0 Å². The number of hydrogen-bond donors (Lipinski definition) is 2. The topological polar surface area (TPSA) is 106 Å². The Balaban J connectivity index is 1.48. The first-order valence-corrected chi connectivity index (χ1v) is 12.4. The number of aromatic nitrogens is 3. The quantitative estimate of drug-likeness (QED) is 0.342. The van der Waals surface area contributed by atoms with Gasteiger partial charge in [-0.3, -0.25) is 9.59 Å². The number of fused-ring (bicyclic) bond motifs is 1. The van der Waals surface area contributed by atoms with E-state index in [0.29, 0.717) is 6.07 Å². The first kappa shape index (κ1) is 27.9. The number of hydrogen-bond acceptors (Lipinski definition) is 5. The zero-order valence-corrected chi connectivity index (χ0v) is 21.3. The van der Waals surface area contributed by atoms with Crippen LogP contribution in [0.4, 0.5) is 32.2 Å². The Bertz CT molecular complexity index is 1670. The number of nitrogens with one attached hydrogen (secondary N) is 1. The molecule has 1 aliphatic rings. The summed E-state index contributed by atoms with van der Waals surface area (Å²) in [7, 11) is 0. The van der Waals surface area contributed by atoms with Gasteiger partial charge in [-0.1, -0.05) is 25.1 Å². The van der Waals surface area contributed by atoms with Gasteiger partial charge in [0, 0.05) is 12.1 Å². The number of benzene rings is 2. The van der Waals surface area contributed by atoms with Crippen LogP contribution in [0.15, 0.2) is 48.8 Å². The number of carbonyl (C=O) groups is 2. The molecule has 2 aromatic carbocycles. The number of carbonyl (C=O) groups excluding carboxylic acids is 2. The molecule has 8 nitrogen and oxygen atoms in total. The van der Waals surface area contributed by atoms with E-state index >= 15 is 4.39 Å². The minimum atomic E-state index is -4.87. The van der Waals surface area contributed by atoms with Crippen molar-refractivity contribution in [3.63, 3.8) is 0 Å². The number of nitrogens with two attached hydrogens (primary N) is 1. The number of anilines is 1. The Morgan fingerprint density at radius 1 is 1.12 bits per heavy atom. The van der Waals surface area contributed by atoms with E-state index in [2.05, 4.69) is 15.4 Å². The van der Waals surface area contributed by atoms with E-state index in [9.17, 15) is 31.5 Å². The highest BCUT2D eigenvalue weighted by Gasteiger charge is 2.39. The van der Waals surface area contributed by atoms with Crippen molar-refractivity contribution >= 4 is 23.1 Å². The minimum Gasteiger partial charge on any atom is -0.382 e. The maximum Gasteiger partial charge on any atom is 0.418 e. The van der Waals surface area contributed by atoms with Gasteiger partial charge >= 0.3 is 6.18 Å². The molecule has 3 heterocycles. The Morgan fingerprint density at radius 2 is 1.85 bits per heavy atom. The van der Waals surface area contributed by atoms with Gasteiger partial charge in [0.15, 0.2) is 5.82 Å². The van der Waals surface area contributed by atoms with Crippen LogP contribution >= 0.6 is 0 Å². The molecule has 214 valence electrons. The Labute approximate surface area is 228 Å². The van der Waals surface area contributed by atoms with Crippen molar-refractivity contribution < 1.29 is 35.9 Å². The summed E-state index contributed by atoms with van der Waals surface area (Å²) in [6.07, 6.45) is -5.53. The average molecular weight is 577 g/mol. The summed E-state index contributed by atoms with van der Waals surface area (Å²) in [6, 6.07) is 7.19. The molecule has 0 saturated carbocycles. The number of rotatable bonds is 5. The highest BCUT2D eigenvalue weighted by Crippen LogP contribution is 2.39. The molecule has 0 radical (unpaired) electrons. The van der Waals surface area contributed by atoms with Crippen LogP contribution in [0.2, 0.25) is 0 Å². The summed E-state index contributed by atoms with van der Waals surface area (Å²) < 4.78 is 87.1. The summed E-state index contributed by atoms with van der Waals surface area (Å²) in [5.74, 6) is -4.22. The lowest BCUT2D eigenvalue weighted by molar-refractivity contribution is -0.136. The van der Waals surface area contributed by atoms with Crippen molar-refractivity contribution in [2.75, 3.05) is 18.8 Å². The van der Waals surface area contributed by atoms with Gasteiger partial charge in [0.1, 0.15) is 29.7 Å². The van der Waals surface area contributed by atoms with Gasteiger partial charge in [-0.2, -0.15) is 18.3 Å². The molecule has 0 unspecified atom stereocenters. The average Bonchev–Trinajstić information content (AvgIpc) is 3.50. The maximum atomic E-state index is 16.0. The molecule has 0 bridgehead atoms. The predicted octanol–water partition coefficient (Wildman–Crippen LogP) is 4.43. The first-order valence-electron chi connectivity index (χ1n) is 12.4. The minimum absolute atomic E-state index is 0.166. The van der Waals surface area contributed by atoms with Gasteiger partial charge in [-0.15, -0.1) is 0 Å². The maximum absolute atomic E-state index is 16.0. The van der Waals surface area contributed by atoms with Gasteiger partial charge in [-0.25, -0.2) is 22.7 Å². The molecule has 3 N–H and O–H groups in total. The summed E-state index contributed by atoms with van der Waals surface area (Å²) >= 11 is 0. The van der Waals surface area contributed by atoms with Crippen LogP contribution in [0, 0.1) is 11.6 Å². The van der Waals surface area contributed by atoms with E-state index in [4.69, 9.17) is 5.73 Å². The molecule has 5 rings (SSSR count). The molecule has 2 aromatic heterocycles. The van der Waals surface area contributed by atoms with Crippen molar-refractivity contribution in [2.45, 2.75) is 31.7 Å². The number of aryl methyl sites for hydroxylation is 1. The fourth-order valence-corrected chi connectivity index (χ4v) is 4.94. The summed E-state index contributed by atoms with van der Waals surface area (Å²) in [4.78, 5) is 30.7. The van der Waals surface area contributed by atoms with Gasteiger partial charge in [0.05, 0.1) is 35.0 Å². The smallest absolute Gasteiger partial charge is 0.382 e. The van der Waals surface area contributed by atoms with Gasteiger partial charge in [-0.05, 0) is 36.2 Å². The molecule has 14 heteroatoms. The lowest BCUT2D eigenvalue weighted by Crippen LogP contribution is -2.42. The number of likely N-dealkylation sites (tertiary alicyclic amines) is 1. The van der Waals surface area contributed by atoms with Crippen LogP contribution < -0.4 is 11.1 Å². The van der Waals surface area contributed by atoms with E-state index in [1.165, 1.54) is 30.3 Å². The van der Waals surface area contributed by atoms with E-state index < -0.39 is 70.8 Å². The van der Waals surface area contributed by atoms with Crippen LogP contribution in [-0.4, -0.2) is 56.6 Å². The van der Waals surface area contributed by atoms with Crippen molar-refractivity contribution in [2.24, 2.45) is 0 Å². The molecule has 2 atom stereocenters. The molecule has 0 spiro atoms. The normalized spacial score (nSPS) is 17.3. The monoisotopic (exact) mass is 576 g/mol. The Kier molecular flexibility index (Phi) is 7.09. The highest BCUT2D eigenvalue weighted by atomic mass is 19.4. The van der Waals surface area contributed by atoms with Crippen molar-refractivity contribution in [3.8, 4) is 11.3 Å². The van der Waals surface area contributed by atoms with Crippen LogP contribution in [0.25, 0.3) is 16.8 Å². The lowest BCUT2D eigenvalue weighted by atomic mass is 9.98. The Morgan fingerprint density at radius 3 is 2.54 bits per heavy atom. The van der Waals surface area contributed by atoms with Crippen LogP contribution in [0.5, 0.6) is 0 Å². The molecule has 0 aliphatic carbocycles. The highest BCUT2D eigenvalue weighted by molar-refractivity contribution is 5.98. The standard InChI is InChI=1S/C27H22F6N6O2/c1-2-13-7-8-15(20-9-16(27(31,32)33)23-24(34)35-12-36-39(20)23)22(30)21(13)25(40)37-19-11-38(10-18(19)29)26(41)14-5-3-4-6-17(14)28/h3-9,12,18-19H,2,10-11H2,1H3,(H,37,40)(H2,34,35,36)/t18-,19+/m0/s1. The molecule has 2 amide bonds. The van der Waals surface area contributed by atoms with E-state index in [1.54, 1.807) is 6.92 Å². The molecule has 1 fully saturated rings. The second-order valence-corrected chi connectivity index (χ2v) is 9.45. The number of nitrogens with zero attached hydrogens (tertiary/aromatic N) is 4. The predicted molar refractivity (Wildman–Crippen MR) is 136 cm³/mol. The molecule has 1 aliphatic heterocycles. The summed E-state index contributed by atoms with van der Waals surface area (Å²) in [5, 5.41) is 6.20. The number of alkyl halides is 4. The fraction of sp³-hybridized carbons (Fsp3) is 0.259. The molecule has 41 heavy (non-hydrogen) atoms. The number of halogens is 6. The number of nitrogen functional groups attached to an aromatic ring is 1. The molecular formula is C27H22F6N6O2. The largest absolute Gasteiger partial charge is 0.418 e. The lowest BCUT2D eigenvalue weighted by Gasteiger charge is -2.18. The third-order valence-corrected chi connectivity index (χ3v) is 6.96. The Hall–Kier alpha value is -4.62. The van der Waals surface area contributed by atoms with E-state index in [-0.39, 0.29) is 35.3 Å². The third-order valence-electron chi connectivity index (χ3n) is 6.96. The van der Waals surface area contributed by atoms with E-state index in [0.717, 1.165) is 21.8 Å². The van der Waals surface area contributed by atoms with E-state index in [1.807, 2.05) is 0 Å². The van der Waals surface area contributed by atoms with Crippen molar-refractivity contribution in [1.29, 1.82) is 0 Å². The van der Waals surface area contributed by atoms with Crippen LogP contribution in [-0.2, 0) is 12.6 Å². The molecular weight excluding hydrogens is 554 g/mol. The molecule has 4 aromatic rings. The zero-order valence-electron chi connectivity index (χ0n) is 21.3. The molecule has 1 saturated heterocycles. The second-order valence-electron chi connectivity index (χ2n) is 9.45. The number of amides is 2. The summed E-state index contributed by atoms with van der Waals surface area (Å²) in [6.45, 7) is 0.895. The second kappa shape index (κ2) is 10.4. The van der Waals surface area contributed by atoms with Crippen LogP contribution in [0.1, 0.15) is 38.8 Å². The van der Waals surface area contributed by atoms with Crippen molar-refractivity contribution in [3.05, 3.63) is 82.7 Å². The summed E-state index contributed by atoms with van der Waals surface area (Å²) in [5.41, 5.74) is 2.64. The van der Waals surface area contributed by atoms with Gasteiger partial charge in [0.2, 0.25) is 0 Å². The SMILES string of the molecule is CCc1ccc(-c2cc(C(F)(F)F)c3c(N)ncnn23)c(F)c1C(=O)N[C@@H]1CN(C(=O)c2ccccc2F)C[C@@H]1F. The third kappa shape index (κ3) is 4.93.